The summed E-state index contributed by atoms with van der Waals surface area (Å²) < 4.78 is 13.8. The van der Waals surface area contributed by atoms with Gasteiger partial charge in [-0.25, -0.2) is 9.18 Å². The number of carbonyl (C=O) groups is 1. The number of hydrogen-bond donors (Lipinski definition) is 2. The van der Waals surface area contributed by atoms with Crippen molar-refractivity contribution in [3.8, 4) is 0 Å². The Hall–Kier alpha value is -3.70. The van der Waals surface area contributed by atoms with Crippen molar-refractivity contribution in [1.82, 2.24) is 10.2 Å². The molecule has 0 radical (unpaired) electrons. The maximum absolute atomic E-state index is 13.8. The molecule has 6 heteroatoms. The van der Waals surface area contributed by atoms with Crippen molar-refractivity contribution in [3.63, 3.8) is 0 Å². The third-order valence-electron chi connectivity index (χ3n) is 5.56. The van der Waals surface area contributed by atoms with Crippen LogP contribution >= 0.6 is 11.6 Å². The van der Waals surface area contributed by atoms with Gasteiger partial charge in [-0.1, -0.05) is 54.9 Å². The molecule has 0 atom stereocenters. The maximum Gasteiger partial charge on any atom is 0.328 e. The number of fused-ring (bicyclic) bond motifs is 1. The lowest BCUT2D eigenvalue weighted by molar-refractivity contribution is -0.131. The molecule has 33 heavy (non-hydrogen) atoms. The van der Waals surface area contributed by atoms with E-state index < -0.39 is 5.97 Å². The molecule has 0 aliphatic carbocycles. The number of carboxylic acid groups (broad SMARTS) is 1. The van der Waals surface area contributed by atoms with Crippen LogP contribution in [-0.2, 0) is 4.79 Å². The number of nitrogens with zero attached hydrogens (tertiary/aromatic N) is 1. The van der Waals surface area contributed by atoms with Crippen LogP contribution in [0.3, 0.4) is 0 Å². The number of aromatic amines is 1. The second kappa shape index (κ2) is 9.43. The molecule has 0 fully saturated rings. The summed E-state index contributed by atoms with van der Waals surface area (Å²) in [6, 6.07) is 18.2. The quantitative estimate of drug-likeness (QED) is 0.237. The fourth-order valence-electron chi connectivity index (χ4n) is 3.97. The van der Waals surface area contributed by atoms with E-state index in [4.69, 9.17) is 16.7 Å². The number of rotatable bonds is 6. The molecule has 0 unspecified atom stereocenters. The molecule has 4 aromatic rings. The predicted molar refractivity (Wildman–Crippen MR) is 132 cm³/mol. The third-order valence-corrected chi connectivity index (χ3v) is 5.88. The van der Waals surface area contributed by atoms with Crippen molar-refractivity contribution in [1.29, 1.82) is 0 Å². The van der Waals surface area contributed by atoms with Gasteiger partial charge in [-0.3, -0.25) is 5.10 Å². The van der Waals surface area contributed by atoms with Gasteiger partial charge in [0.05, 0.1) is 10.5 Å². The van der Waals surface area contributed by atoms with Crippen LogP contribution in [0.15, 0.2) is 66.7 Å². The number of carboxylic acids is 1. The molecule has 0 aliphatic heterocycles. The van der Waals surface area contributed by atoms with E-state index >= 15 is 0 Å². The van der Waals surface area contributed by atoms with Gasteiger partial charge >= 0.3 is 5.97 Å². The number of benzene rings is 3. The van der Waals surface area contributed by atoms with Crippen molar-refractivity contribution >= 4 is 45.7 Å². The number of aromatic nitrogens is 2. The summed E-state index contributed by atoms with van der Waals surface area (Å²) in [5, 5.41) is 17.6. The molecule has 0 saturated heterocycles. The number of aliphatic carboxylic acids is 1. The summed E-state index contributed by atoms with van der Waals surface area (Å²) in [5.74, 6) is -1.38. The molecule has 0 saturated carbocycles. The van der Waals surface area contributed by atoms with Crippen molar-refractivity contribution in [2.24, 2.45) is 0 Å². The fourth-order valence-corrected chi connectivity index (χ4v) is 4.25. The molecule has 166 valence electrons. The van der Waals surface area contributed by atoms with E-state index in [0.29, 0.717) is 11.4 Å². The highest BCUT2D eigenvalue weighted by Crippen LogP contribution is 2.38. The second-order valence-electron chi connectivity index (χ2n) is 7.71. The first-order chi connectivity index (χ1) is 15.9. The second-order valence-corrected chi connectivity index (χ2v) is 8.11. The first kappa shape index (κ1) is 22.5. The average molecular weight is 461 g/mol. The van der Waals surface area contributed by atoms with Gasteiger partial charge in [0.1, 0.15) is 5.82 Å². The topological polar surface area (TPSA) is 66.0 Å². The summed E-state index contributed by atoms with van der Waals surface area (Å²) in [7, 11) is 0. The SMILES string of the molecule is CCC(=C(c1ccc(/C=C/C(=O)O)cc1)c1ccc2n[nH]c(C)c2c1)c1ccc(F)cc1Cl. The Balaban J connectivity index is 1.95. The summed E-state index contributed by atoms with van der Waals surface area (Å²) >= 11 is 6.47. The molecule has 0 bridgehead atoms. The maximum atomic E-state index is 13.8. The number of aryl methyl sites for hydroxylation is 1. The molecule has 0 amide bonds. The fraction of sp³-hybridized carbons (Fsp3) is 0.111. The highest BCUT2D eigenvalue weighted by Gasteiger charge is 2.17. The number of allylic oxidation sites excluding steroid dienone is 1. The minimum Gasteiger partial charge on any atom is -0.478 e. The van der Waals surface area contributed by atoms with Gasteiger partial charge in [0, 0.05) is 17.2 Å². The number of nitrogens with one attached hydrogen (secondary N) is 1. The lowest BCUT2D eigenvalue weighted by Gasteiger charge is -2.18. The van der Waals surface area contributed by atoms with Gasteiger partial charge in [0.25, 0.3) is 0 Å². The number of H-pyrrole nitrogens is 1. The first-order valence-electron chi connectivity index (χ1n) is 10.5. The van der Waals surface area contributed by atoms with Crippen LogP contribution in [-0.4, -0.2) is 21.3 Å². The predicted octanol–water partition coefficient (Wildman–Crippen LogP) is 7.13. The van der Waals surface area contributed by atoms with Crippen LogP contribution in [0.5, 0.6) is 0 Å². The van der Waals surface area contributed by atoms with Crippen LogP contribution in [0.25, 0.3) is 28.1 Å². The minimum atomic E-state index is -0.998. The van der Waals surface area contributed by atoms with Gasteiger partial charge in [-0.15, -0.1) is 0 Å². The molecule has 4 rings (SSSR count). The standard InChI is InChI=1S/C27H22ClFN2O2/c1-3-21(22-11-10-20(29)15-24(22)28)27(18-7-4-17(5-8-18)6-13-26(32)33)19-9-12-25-23(14-19)16(2)30-31-25/h4-15H,3H2,1-2H3,(H,30,31)(H,32,33)/b13-6+,27-21?. The molecule has 0 aliphatic rings. The Kier molecular flexibility index (Phi) is 6.43. The van der Waals surface area contributed by atoms with Crippen LogP contribution in [0, 0.1) is 12.7 Å². The summed E-state index contributed by atoms with van der Waals surface area (Å²) in [4.78, 5) is 10.8. The smallest absolute Gasteiger partial charge is 0.328 e. The third kappa shape index (κ3) is 4.73. The summed E-state index contributed by atoms with van der Waals surface area (Å²) in [5.41, 5.74) is 7.28. The van der Waals surface area contributed by atoms with Crippen molar-refractivity contribution < 1.29 is 14.3 Å². The van der Waals surface area contributed by atoms with Crippen LogP contribution in [0.2, 0.25) is 5.02 Å². The Morgan fingerprint density at radius 2 is 1.82 bits per heavy atom. The zero-order valence-corrected chi connectivity index (χ0v) is 18.9. The van der Waals surface area contributed by atoms with E-state index in [2.05, 4.69) is 16.3 Å². The lowest BCUT2D eigenvalue weighted by Crippen LogP contribution is -1.97. The van der Waals surface area contributed by atoms with Crippen LogP contribution in [0.4, 0.5) is 4.39 Å². The van der Waals surface area contributed by atoms with Gasteiger partial charge in [-0.05, 0) is 77.1 Å². The van der Waals surface area contributed by atoms with E-state index in [0.717, 1.165) is 56.1 Å². The average Bonchev–Trinajstić information content (AvgIpc) is 3.17. The van der Waals surface area contributed by atoms with Crippen molar-refractivity contribution in [2.75, 3.05) is 0 Å². The van der Waals surface area contributed by atoms with E-state index in [1.54, 1.807) is 12.1 Å². The van der Waals surface area contributed by atoms with Crippen molar-refractivity contribution in [2.45, 2.75) is 20.3 Å². The van der Waals surface area contributed by atoms with Crippen molar-refractivity contribution in [3.05, 3.63) is 106 Å². The zero-order chi connectivity index (χ0) is 23.5. The zero-order valence-electron chi connectivity index (χ0n) is 18.2. The Bertz CT molecular complexity index is 1400. The van der Waals surface area contributed by atoms with Gasteiger partial charge in [0.2, 0.25) is 0 Å². The summed E-state index contributed by atoms with van der Waals surface area (Å²) in [6.45, 7) is 4.02. The number of halogens is 2. The van der Waals surface area contributed by atoms with Crippen LogP contribution < -0.4 is 0 Å². The highest BCUT2D eigenvalue weighted by atomic mass is 35.5. The molecule has 3 aromatic carbocycles. The molecule has 2 N–H and O–H groups in total. The molecule has 1 aromatic heterocycles. The normalized spacial score (nSPS) is 12.4. The Morgan fingerprint density at radius 1 is 1.09 bits per heavy atom. The first-order valence-corrected chi connectivity index (χ1v) is 10.9. The Morgan fingerprint density at radius 3 is 2.48 bits per heavy atom. The van der Waals surface area contributed by atoms with E-state index in [9.17, 15) is 9.18 Å². The van der Waals surface area contributed by atoms with E-state index in [-0.39, 0.29) is 5.82 Å². The lowest BCUT2D eigenvalue weighted by atomic mass is 9.87. The van der Waals surface area contributed by atoms with Crippen LogP contribution in [0.1, 0.15) is 41.3 Å². The Labute approximate surface area is 196 Å². The molecule has 4 nitrogen and oxygen atoms in total. The van der Waals surface area contributed by atoms with E-state index in [1.807, 2.05) is 50.2 Å². The van der Waals surface area contributed by atoms with Gasteiger partial charge < -0.3 is 5.11 Å². The molecular formula is C27H22ClFN2O2. The molecule has 1 heterocycles. The van der Waals surface area contributed by atoms with E-state index in [1.165, 1.54) is 12.1 Å². The largest absolute Gasteiger partial charge is 0.478 e. The molecule has 0 spiro atoms. The number of hydrogen-bond acceptors (Lipinski definition) is 2. The summed E-state index contributed by atoms with van der Waals surface area (Å²) in [6.07, 6.45) is 3.33. The van der Waals surface area contributed by atoms with Gasteiger partial charge in [0.15, 0.2) is 0 Å². The van der Waals surface area contributed by atoms with Gasteiger partial charge in [-0.2, -0.15) is 5.10 Å². The monoisotopic (exact) mass is 460 g/mol. The minimum absolute atomic E-state index is 0.353. The molecular weight excluding hydrogens is 439 g/mol. The highest BCUT2D eigenvalue weighted by molar-refractivity contribution is 6.32.